The zero-order chi connectivity index (χ0) is 9.84. The molecule has 0 aromatic heterocycles. The summed E-state index contributed by atoms with van der Waals surface area (Å²) in [4.78, 5) is 0.261. The molecule has 1 aromatic carbocycles. The fraction of sp³-hybridized carbons (Fsp3) is 0.250. The van der Waals surface area contributed by atoms with E-state index >= 15 is 0 Å². The molecule has 0 heterocycles. The van der Waals surface area contributed by atoms with Gasteiger partial charge in [0.05, 0.1) is 0 Å². The molecular weight excluding hydrogens is 299 g/mol. The Balaban J connectivity index is 2.81. The summed E-state index contributed by atoms with van der Waals surface area (Å²) in [6.07, 6.45) is 0. The summed E-state index contributed by atoms with van der Waals surface area (Å²) in [5.41, 5.74) is 1.62. The highest BCUT2D eigenvalue weighted by molar-refractivity contribution is 9.12. The van der Waals surface area contributed by atoms with E-state index in [9.17, 15) is 0 Å². The second-order valence-electron chi connectivity index (χ2n) is 2.66. The molecule has 1 aromatic rings. The summed E-state index contributed by atoms with van der Waals surface area (Å²) in [7, 11) is -1.38. The third-order valence-electron chi connectivity index (χ3n) is 1.73. The third kappa shape index (κ3) is 3.09. The van der Waals surface area contributed by atoms with Gasteiger partial charge in [-0.2, -0.15) is 0 Å². The van der Waals surface area contributed by atoms with E-state index < -0.39 is 7.12 Å². The van der Waals surface area contributed by atoms with Crippen molar-refractivity contribution >= 4 is 44.4 Å². The molecule has 13 heavy (non-hydrogen) atoms. The molecule has 0 fully saturated rings. The molecule has 5 heteroatoms. The lowest BCUT2D eigenvalue weighted by Gasteiger charge is -2.06. The minimum Gasteiger partial charge on any atom is -0.423 e. The average molecular weight is 308 g/mol. The van der Waals surface area contributed by atoms with Crippen LogP contribution in [0.5, 0.6) is 0 Å². The Morgan fingerprint density at radius 3 is 2.15 bits per heavy atom. The molecule has 2 N–H and O–H groups in total. The summed E-state index contributed by atoms with van der Waals surface area (Å²) in [5, 5.41) is 18.5. The van der Waals surface area contributed by atoms with Gasteiger partial charge in [0.1, 0.15) is 0 Å². The van der Waals surface area contributed by atoms with Crippen LogP contribution in [0.1, 0.15) is 10.4 Å². The minimum absolute atomic E-state index is 0.261. The number of rotatable bonds is 3. The summed E-state index contributed by atoms with van der Waals surface area (Å²) >= 11 is 6.83. The van der Waals surface area contributed by atoms with E-state index in [0.717, 1.165) is 10.9 Å². The average Bonchev–Trinajstić information content (AvgIpc) is 2.17. The van der Waals surface area contributed by atoms with Crippen LogP contribution in [0.4, 0.5) is 0 Å². The molecule has 0 aliphatic carbocycles. The van der Waals surface area contributed by atoms with Crippen molar-refractivity contribution in [2.45, 2.75) is 4.83 Å². The smallest absolute Gasteiger partial charge is 0.423 e. The number of benzene rings is 1. The summed E-state index contributed by atoms with van der Waals surface area (Å²) < 4.78 is 0. The second-order valence-corrected chi connectivity index (χ2v) is 4.41. The first kappa shape index (κ1) is 11.2. The second kappa shape index (κ2) is 5.15. The largest absolute Gasteiger partial charge is 0.488 e. The maximum absolute atomic E-state index is 8.84. The molecule has 0 amide bonds. The van der Waals surface area contributed by atoms with Gasteiger partial charge in [-0.05, 0) is 11.0 Å². The number of alkyl halides is 2. The topological polar surface area (TPSA) is 40.5 Å². The number of halogens is 2. The van der Waals surface area contributed by atoms with Gasteiger partial charge in [0, 0.05) is 10.2 Å². The Bertz CT molecular complexity index is 263. The summed E-state index contributed by atoms with van der Waals surface area (Å²) in [6, 6.07) is 7.15. The van der Waals surface area contributed by atoms with E-state index in [2.05, 4.69) is 31.9 Å². The molecule has 0 radical (unpaired) electrons. The highest BCUT2D eigenvalue weighted by atomic mass is 79.9. The maximum Gasteiger partial charge on any atom is 0.488 e. The first-order chi connectivity index (χ1) is 6.15. The van der Waals surface area contributed by atoms with Crippen LogP contribution in [0.15, 0.2) is 24.3 Å². The Morgan fingerprint density at radius 2 is 1.77 bits per heavy atom. The first-order valence-corrected chi connectivity index (χ1v) is 5.85. The Kier molecular flexibility index (Phi) is 4.45. The SMILES string of the molecule is OB(O)c1ccc([C@H](Br)CBr)cc1. The van der Waals surface area contributed by atoms with Gasteiger partial charge in [0.25, 0.3) is 0 Å². The summed E-state index contributed by atoms with van der Waals surface area (Å²) in [5.74, 6) is 0. The van der Waals surface area contributed by atoms with Crippen molar-refractivity contribution < 1.29 is 10.0 Å². The van der Waals surface area contributed by atoms with Crippen LogP contribution in [0.25, 0.3) is 0 Å². The normalized spacial score (nSPS) is 12.6. The van der Waals surface area contributed by atoms with Crippen molar-refractivity contribution in [3.05, 3.63) is 29.8 Å². The van der Waals surface area contributed by atoms with Crippen LogP contribution in [-0.4, -0.2) is 22.5 Å². The van der Waals surface area contributed by atoms with Gasteiger partial charge in [-0.3, -0.25) is 0 Å². The zero-order valence-corrected chi connectivity index (χ0v) is 9.99. The van der Waals surface area contributed by atoms with Gasteiger partial charge < -0.3 is 10.0 Å². The van der Waals surface area contributed by atoms with E-state index in [1.165, 1.54) is 0 Å². The fourth-order valence-corrected chi connectivity index (χ4v) is 1.65. The van der Waals surface area contributed by atoms with Crippen molar-refractivity contribution in [2.75, 3.05) is 5.33 Å². The van der Waals surface area contributed by atoms with Crippen molar-refractivity contribution in [3.8, 4) is 0 Å². The van der Waals surface area contributed by atoms with E-state index in [1.807, 2.05) is 12.1 Å². The van der Waals surface area contributed by atoms with Crippen LogP contribution in [-0.2, 0) is 0 Å². The molecule has 0 saturated carbocycles. The van der Waals surface area contributed by atoms with Crippen molar-refractivity contribution in [1.29, 1.82) is 0 Å². The van der Waals surface area contributed by atoms with E-state index in [-0.39, 0.29) is 4.83 Å². The molecule has 0 bridgehead atoms. The van der Waals surface area contributed by atoms with Gasteiger partial charge in [-0.25, -0.2) is 0 Å². The third-order valence-corrected chi connectivity index (χ3v) is 4.10. The van der Waals surface area contributed by atoms with Crippen LogP contribution in [0.2, 0.25) is 0 Å². The highest BCUT2D eigenvalue weighted by Gasteiger charge is 2.11. The molecular formula is C8H9BBr2O2. The maximum atomic E-state index is 8.84. The molecule has 70 valence electrons. The fourth-order valence-electron chi connectivity index (χ4n) is 0.966. The molecule has 0 unspecified atom stereocenters. The molecule has 0 saturated heterocycles. The first-order valence-electron chi connectivity index (χ1n) is 3.81. The summed E-state index contributed by atoms with van der Waals surface area (Å²) in [6.45, 7) is 0. The number of hydrogen-bond donors (Lipinski definition) is 2. The molecule has 1 rings (SSSR count). The van der Waals surface area contributed by atoms with E-state index in [1.54, 1.807) is 12.1 Å². The quantitative estimate of drug-likeness (QED) is 0.651. The minimum atomic E-state index is -1.38. The van der Waals surface area contributed by atoms with Gasteiger partial charge in [-0.1, -0.05) is 56.1 Å². The van der Waals surface area contributed by atoms with Crippen molar-refractivity contribution in [1.82, 2.24) is 0 Å². The molecule has 0 spiro atoms. The van der Waals surface area contributed by atoms with E-state index in [0.29, 0.717) is 5.46 Å². The molecule has 2 nitrogen and oxygen atoms in total. The van der Waals surface area contributed by atoms with Crippen LogP contribution in [0.3, 0.4) is 0 Å². The Morgan fingerprint density at radius 1 is 1.23 bits per heavy atom. The lowest BCUT2D eigenvalue weighted by Crippen LogP contribution is -2.29. The predicted molar refractivity (Wildman–Crippen MR) is 61.7 cm³/mol. The van der Waals surface area contributed by atoms with Crippen LogP contribution < -0.4 is 5.46 Å². The highest BCUT2D eigenvalue weighted by Crippen LogP contribution is 2.23. The van der Waals surface area contributed by atoms with Gasteiger partial charge in [0.2, 0.25) is 0 Å². The lowest BCUT2D eigenvalue weighted by molar-refractivity contribution is 0.426. The molecule has 1 atom stereocenters. The van der Waals surface area contributed by atoms with Crippen LogP contribution >= 0.6 is 31.9 Å². The lowest BCUT2D eigenvalue weighted by atomic mass is 9.80. The molecule has 0 aliphatic heterocycles. The van der Waals surface area contributed by atoms with Crippen molar-refractivity contribution in [3.63, 3.8) is 0 Å². The monoisotopic (exact) mass is 306 g/mol. The predicted octanol–water partition coefficient (Wildman–Crippen LogP) is 1.20. The van der Waals surface area contributed by atoms with Crippen LogP contribution in [0, 0.1) is 0 Å². The Labute approximate surface area is 94.4 Å². The standard InChI is InChI=1S/C8H9BBr2O2/c10-5-8(11)6-1-3-7(4-2-6)9(12)13/h1-4,8,12-13H,5H2/t8-/m1/s1. The van der Waals surface area contributed by atoms with Gasteiger partial charge >= 0.3 is 7.12 Å². The zero-order valence-electron chi connectivity index (χ0n) is 6.82. The Hall–Kier alpha value is 0.165. The van der Waals surface area contributed by atoms with E-state index in [4.69, 9.17) is 10.0 Å². The molecule has 0 aliphatic rings. The van der Waals surface area contributed by atoms with Gasteiger partial charge in [-0.15, -0.1) is 0 Å². The number of hydrogen-bond acceptors (Lipinski definition) is 2. The van der Waals surface area contributed by atoms with Crippen molar-refractivity contribution in [2.24, 2.45) is 0 Å². The van der Waals surface area contributed by atoms with Gasteiger partial charge in [0.15, 0.2) is 0 Å².